The van der Waals surface area contributed by atoms with E-state index in [1.807, 2.05) is 6.92 Å². The molecule has 1 aromatic carbocycles. The fraction of sp³-hybridized carbons (Fsp3) is 0.562. The minimum Gasteiger partial charge on any atom is -0.369 e. The summed E-state index contributed by atoms with van der Waals surface area (Å²) in [5, 5.41) is 2.20. The van der Waals surface area contributed by atoms with Crippen LogP contribution in [0.4, 0.5) is 0 Å². The van der Waals surface area contributed by atoms with E-state index in [-0.39, 0.29) is 11.9 Å². The molecule has 3 nitrogen and oxygen atoms in total. The Labute approximate surface area is 116 Å². The second kappa shape index (κ2) is 7.29. The fourth-order valence-corrected chi connectivity index (χ4v) is 2.42. The molecule has 0 aliphatic heterocycles. The van der Waals surface area contributed by atoms with Gasteiger partial charge in [0.05, 0.1) is 12.5 Å². The Morgan fingerprint density at radius 3 is 2.21 bits per heavy atom. The van der Waals surface area contributed by atoms with Crippen molar-refractivity contribution >= 4 is 5.91 Å². The molecular weight excluding hydrogens is 236 g/mol. The highest BCUT2D eigenvalue weighted by molar-refractivity contribution is 5.74. The normalized spacial score (nSPS) is 14.4. The van der Waals surface area contributed by atoms with Crippen molar-refractivity contribution in [2.45, 2.75) is 52.6 Å². The molecule has 4 N–H and O–H groups in total. The van der Waals surface area contributed by atoms with E-state index in [9.17, 15) is 4.79 Å². The molecule has 0 bridgehead atoms. The molecule has 3 heteroatoms. The SMILES string of the molecule is CC(C)Cc1ccc([C@@H](C)[NH2+][C@H](C)CC(N)=O)cc1. The molecule has 0 heterocycles. The monoisotopic (exact) mass is 263 g/mol. The van der Waals surface area contributed by atoms with Gasteiger partial charge >= 0.3 is 0 Å². The lowest BCUT2D eigenvalue weighted by Gasteiger charge is -2.16. The van der Waals surface area contributed by atoms with E-state index < -0.39 is 0 Å². The van der Waals surface area contributed by atoms with Gasteiger partial charge < -0.3 is 11.1 Å². The number of benzene rings is 1. The number of amides is 1. The van der Waals surface area contributed by atoms with E-state index in [4.69, 9.17) is 5.73 Å². The van der Waals surface area contributed by atoms with Crippen molar-refractivity contribution in [1.82, 2.24) is 0 Å². The first-order valence-corrected chi connectivity index (χ1v) is 7.10. The maximum Gasteiger partial charge on any atom is 0.223 e. The number of hydrogen-bond donors (Lipinski definition) is 2. The summed E-state index contributed by atoms with van der Waals surface area (Å²) in [5.41, 5.74) is 7.90. The van der Waals surface area contributed by atoms with Crippen molar-refractivity contribution in [3.8, 4) is 0 Å². The second-order valence-corrected chi connectivity index (χ2v) is 5.97. The summed E-state index contributed by atoms with van der Waals surface area (Å²) >= 11 is 0. The zero-order valence-electron chi connectivity index (χ0n) is 12.5. The predicted octanol–water partition coefficient (Wildman–Crippen LogP) is 1.77. The first-order valence-electron chi connectivity index (χ1n) is 7.10. The molecule has 0 saturated heterocycles. The Hall–Kier alpha value is -1.35. The van der Waals surface area contributed by atoms with Gasteiger partial charge in [0.15, 0.2) is 0 Å². The standard InChI is InChI=1S/C16H26N2O/c1-11(2)9-14-5-7-15(8-6-14)13(4)18-12(3)10-16(17)19/h5-8,11-13,18H,9-10H2,1-4H3,(H2,17,19)/p+1/t12-,13-/m1/s1. The van der Waals surface area contributed by atoms with Crippen molar-refractivity contribution in [3.63, 3.8) is 0 Å². The van der Waals surface area contributed by atoms with Gasteiger partial charge in [-0.05, 0) is 31.7 Å². The Bertz CT molecular complexity index is 398. The zero-order valence-corrected chi connectivity index (χ0v) is 12.5. The lowest BCUT2D eigenvalue weighted by atomic mass is 9.99. The third-order valence-electron chi connectivity index (χ3n) is 3.29. The van der Waals surface area contributed by atoms with E-state index in [2.05, 4.69) is 50.4 Å². The summed E-state index contributed by atoms with van der Waals surface area (Å²) in [4.78, 5) is 10.9. The highest BCUT2D eigenvalue weighted by Gasteiger charge is 2.15. The van der Waals surface area contributed by atoms with Crippen LogP contribution in [-0.2, 0) is 11.2 Å². The summed E-state index contributed by atoms with van der Waals surface area (Å²) in [6.45, 7) is 8.66. The lowest BCUT2D eigenvalue weighted by Crippen LogP contribution is -2.89. The van der Waals surface area contributed by atoms with Crippen molar-refractivity contribution in [1.29, 1.82) is 0 Å². The number of carbonyl (C=O) groups is 1. The summed E-state index contributed by atoms with van der Waals surface area (Å²) in [6, 6.07) is 9.37. The summed E-state index contributed by atoms with van der Waals surface area (Å²) in [7, 11) is 0. The first kappa shape index (κ1) is 15.7. The van der Waals surface area contributed by atoms with E-state index >= 15 is 0 Å². The van der Waals surface area contributed by atoms with Gasteiger partial charge in [-0.1, -0.05) is 38.1 Å². The summed E-state index contributed by atoms with van der Waals surface area (Å²) < 4.78 is 0. The van der Waals surface area contributed by atoms with Crippen LogP contribution in [0.2, 0.25) is 0 Å². The lowest BCUT2D eigenvalue weighted by molar-refractivity contribution is -0.721. The Balaban J connectivity index is 2.57. The van der Waals surface area contributed by atoms with Gasteiger partial charge in [-0.3, -0.25) is 4.79 Å². The summed E-state index contributed by atoms with van der Waals surface area (Å²) in [6.07, 6.45) is 1.55. The van der Waals surface area contributed by atoms with Gasteiger partial charge in [-0.25, -0.2) is 0 Å². The van der Waals surface area contributed by atoms with Crippen LogP contribution in [0, 0.1) is 5.92 Å². The van der Waals surface area contributed by atoms with Crippen LogP contribution in [0.3, 0.4) is 0 Å². The molecule has 106 valence electrons. The first-order chi connectivity index (χ1) is 8.88. The van der Waals surface area contributed by atoms with E-state index in [1.54, 1.807) is 0 Å². The van der Waals surface area contributed by atoms with Gasteiger partial charge in [0.2, 0.25) is 5.91 Å². The molecule has 0 aromatic heterocycles. The van der Waals surface area contributed by atoms with Crippen LogP contribution < -0.4 is 11.1 Å². The Morgan fingerprint density at radius 1 is 1.16 bits per heavy atom. The quantitative estimate of drug-likeness (QED) is 0.774. The molecule has 0 saturated carbocycles. The van der Waals surface area contributed by atoms with E-state index in [1.165, 1.54) is 11.1 Å². The molecule has 1 aromatic rings. The predicted molar refractivity (Wildman–Crippen MR) is 78.6 cm³/mol. The number of rotatable bonds is 7. The third kappa shape index (κ3) is 5.88. The number of nitrogens with two attached hydrogens (primary N) is 2. The zero-order chi connectivity index (χ0) is 14.4. The van der Waals surface area contributed by atoms with Crippen molar-refractivity contribution in [3.05, 3.63) is 35.4 Å². The summed E-state index contributed by atoms with van der Waals surface area (Å²) in [5.74, 6) is 0.452. The minimum atomic E-state index is -0.233. The second-order valence-electron chi connectivity index (χ2n) is 5.97. The highest BCUT2D eigenvalue weighted by Crippen LogP contribution is 2.13. The van der Waals surface area contributed by atoms with Crippen LogP contribution in [0.1, 0.15) is 51.3 Å². The van der Waals surface area contributed by atoms with Crippen LogP contribution >= 0.6 is 0 Å². The molecule has 0 radical (unpaired) electrons. The minimum absolute atomic E-state index is 0.225. The highest BCUT2D eigenvalue weighted by atomic mass is 16.1. The molecule has 0 unspecified atom stereocenters. The van der Waals surface area contributed by atoms with Gasteiger partial charge in [0.1, 0.15) is 6.04 Å². The van der Waals surface area contributed by atoms with Gasteiger partial charge in [-0.2, -0.15) is 0 Å². The van der Waals surface area contributed by atoms with Crippen LogP contribution in [0.25, 0.3) is 0 Å². The van der Waals surface area contributed by atoms with E-state index in [0.29, 0.717) is 18.4 Å². The number of primary amides is 1. The molecule has 1 amide bonds. The number of quaternary nitrogens is 1. The van der Waals surface area contributed by atoms with Gasteiger partial charge in [-0.15, -0.1) is 0 Å². The Kier molecular flexibility index (Phi) is 6.03. The molecular formula is C16H27N2O+. The largest absolute Gasteiger partial charge is 0.369 e. The van der Waals surface area contributed by atoms with Crippen molar-refractivity contribution in [2.24, 2.45) is 11.7 Å². The maximum atomic E-state index is 10.9. The van der Waals surface area contributed by atoms with Gasteiger partial charge in [0.25, 0.3) is 0 Å². The fourth-order valence-electron chi connectivity index (χ4n) is 2.42. The van der Waals surface area contributed by atoms with Crippen molar-refractivity contribution < 1.29 is 10.1 Å². The molecule has 1 rings (SSSR count). The van der Waals surface area contributed by atoms with Crippen molar-refractivity contribution in [2.75, 3.05) is 0 Å². The average molecular weight is 263 g/mol. The molecule has 19 heavy (non-hydrogen) atoms. The van der Waals surface area contributed by atoms with Gasteiger partial charge in [0, 0.05) is 5.56 Å². The Morgan fingerprint density at radius 2 is 1.74 bits per heavy atom. The smallest absolute Gasteiger partial charge is 0.223 e. The van der Waals surface area contributed by atoms with E-state index in [0.717, 1.165) is 6.42 Å². The van der Waals surface area contributed by atoms with Crippen LogP contribution in [0.5, 0.6) is 0 Å². The third-order valence-corrected chi connectivity index (χ3v) is 3.29. The molecule has 0 aliphatic rings. The number of hydrogen-bond acceptors (Lipinski definition) is 1. The average Bonchev–Trinajstić information content (AvgIpc) is 2.27. The molecule has 0 aliphatic carbocycles. The molecule has 2 atom stereocenters. The van der Waals surface area contributed by atoms with Crippen LogP contribution in [0.15, 0.2) is 24.3 Å². The topological polar surface area (TPSA) is 59.7 Å². The van der Waals surface area contributed by atoms with Crippen LogP contribution in [-0.4, -0.2) is 11.9 Å². The number of carbonyl (C=O) groups excluding carboxylic acids is 1. The molecule has 0 fully saturated rings. The maximum absolute atomic E-state index is 10.9. The molecule has 0 spiro atoms.